The summed E-state index contributed by atoms with van der Waals surface area (Å²) in [6.07, 6.45) is 2.00. The van der Waals surface area contributed by atoms with E-state index in [1.807, 2.05) is 0 Å². The third kappa shape index (κ3) is 4.66. The molecule has 1 aromatic rings. The van der Waals surface area contributed by atoms with E-state index in [1.165, 1.54) is 12.1 Å². The fourth-order valence-electron chi connectivity index (χ4n) is 1.15. The summed E-state index contributed by atoms with van der Waals surface area (Å²) >= 11 is 0. The first-order chi connectivity index (χ1) is 8.85. The SMILES string of the molecule is CS(=O)(=O)Nc1ccc(F)c(NC=C(C#N)C#N)c1. The third-order valence-corrected chi connectivity index (χ3v) is 2.49. The standard InChI is InChI=1S/C11H9FN4O2S/c1-19(17,18)16-9-2-3-10(12)11(4-9)15-7-8(5-13)6-14/h2-4,7,15-16H,1H3. The van der Waals surface area contributed by atoms with Crippen LogP contribution in [0.25, 0.3) is 0 Å². The predicted molar refractivity (Wildman–Crippen MR) is 67.8 cm³/mol. The molecule has 1 aromatic carbocycles. The molecule has 0 aliphatic heterocycles. The summed E-state index contributed by atoms with van der Waals surface area (Å²) < 4.78 is 37.7. The predicted octanol–water partition coefficient (Wildman–Crippen LogP) is 1.54. The van der Waals surface area contributed by atoms with Gasteiger partial charge in [-0.1, -0.05) is 0 Å². The first-order valence-electron chi connectivity index (χ1n) is 4.90. The van der Waals surface area contributed by atoms with Gasteiger partial charge in [0.05, 0.1) is 17.6 Å². The van der Waals surface area contributed by atoms with Crippen LogP contribution >= 0.6 is 0 Å². The molecule has 0 atom stereocenters. The molecule has 1 rings (SSSR count). The van der Waals surface area contributed by atoms with Crippen LogP contribution in [0.1, 0.15) is 0 Å². The Morgan fingerprint density at radius 1 is 1.37 bits per heavy atom. The molecule has 0 spiro atoms. The zero-order chi connectivity index (χ0) is 14.5. The molecule has 0 amide bonds. The molecule has 19 heavy (non-hydrogen) atoms. The van der Waals surface area contributed by atoms with Crippen molar-refractivity contribution in [2.75, 3.05) is 16.3 Å². The molecule has 8 heteroatoms. The Morgan fingerprint density at radius 3 is 2.53 bits per heavy atom. The van der Waals surface area contributed by atoms with Crippen molar-refractivity contribution in [2.24, 2.45) is 0 Å². The van der Waals surface area contributed by atoms with Crippen LogP contribution < -0.4 is 10.0 Å². The normalized spacial score (nSPS) is 9.89. The van der Waals surface area contributed by atoms with Gasteiger partial charge in [0, 0.05) is 6.20 Å². The molecule has 0 saturated heterocycles. The van der Waals surface area contributed by atoms with E-state index in [9.17, 15) is 12.8 Å². The van der Waals surface area contributed by atoms with Crippen LogP contribution in [0.2, 0.25) is 0 Å². The average molecular weight is 280 g/mol. The van der Waals surface area contributed by atoms with E-state index in [0.29, 0.717) is 0 Å². The van der Waals surface area contributed by atoms with Crippen molar-refractivity contribution in [3.63, 3.8) is 0 Å². The maximum absolute atomic E-state index is 13.4. The van der Waals surface area contributed by atoms with Gasteiger partial charge in [0.1, 0.15) is 23.5 Å². The Morgan fingerprint density at radius 2 is 2.00 bits per heavy atom. The lowest BCUT2D eigenvalue weighted by atomic mass is 10.2. The number of hydrogen-bond donors (Lipinski definition) is 2. The average Bonchev–Trinajstić information content (AvgIpc) is 2.32. The van der Waals surface area contributed by atoms with Gasteiger partial charge in [-0.05, 0) is 18.2 Å². The molecule has 98 valence electrons. The Balaban J connectivity index is 3.03. The molecule has 0 bridgehead atoms. The third-order valence-electron chi connectivity index (χ3n) is 1.88. The van der Waals surface area contributed by atoms with Crippen molar-refractivity contribution < 1.29 is 12.8 Å². The lowest BCUT2D eigenvalue weighted by Gasteiger charge is -2.07. The number of nitriles is 2. The van der Waals surface area contributed by atoms with Gasteiger partial charge in [-0.3, -0.25) is 4.72 Å². The van der Waals surface area contributed by atoms with Gasteiger partial charge in [-0.15, -0.1) is 0 Å². The zero-order valence-electron chi connectivity index (χ0n) is 9.81. The smallest absolute Gasteiger partial charge is 0.229 e. The van der Waals surface area contributed by atoms with Crippen LogP contribution in [0.5, 0.6) is 0 Å². The number of nitrogens with one attached hydrogen (secondary N) is 2. The first kappa shape index (κ1) is 14.5. The van der Waals surface area contributed by atoms with Crippen molar-refractivity contribution >= 4 is 21.4 Å². The lowest BCUT2D eigenvalue weighted by Crippen LogP contribution is -2.09. The second kappa shape index (κ2) is 5.85. The summed E-state index contributed by atoms with van der Waals surface area (Å²) in [5, 5.41) is 19.5. The van der Waals surface area contributed by atoms with Crippen LogP contribution in [0.3, 0.4) is 0 Å². The molecule has 0 heterocycles. The molecule has 0 unspecified atom stereocenters. The summed E-state index contributed by atoms with van der Waals surface area (Å²) in [5.41, 5.74) is -0.132. The van der Waals surface area contributed by atoms with Crippen molar-refractivity contribution in [3.05, 3.63) is 35.8 Å². The molecular weight excluding hydrogens is 271 g/mol. The molecule has 0 fully saturated rings. The molecule has 6 nitrogen and oxygen atoms in total. The Hall–Kier alpha value is -2.58. The van der Waals surface area contributed by atoms with E-state index >= 15 is 0 Å². The molecule has 0 aliphatic rings. The highest BCUT2D eigenvalue weighted by Gasteiger charge is 2.06. The van der Waals surface area contributed by atoms with Gasteiger partial charge in [-0.2, -0.15) is 10.5 Å². The highest BCUT2D eigenvalue weighted by atomic mass is 32.2. The largest absolute Gasteiger partial charge is 0.357 e. The molecule has 0 saturated carbocycles. The first-order valence-corrected chi connectivity index (χ1v) is 6.79. The van der Waals surface area contributed by atoms with Gasteiger partial charge in [-0.25, -0.2) is 12.8 Å². The summed E-state index contributed by atoms with van der Waals surface area (Å²) in [6, 6.07) is 6.71. The van der Waals surface area contributed by atoms with Crippen molar-refractivity contribution in [2.45, 2.75) is 0 Å². The maximum Gasteiger partial charge on any atom is 0.229 e. The van der Waals surface area contributed by atoms with Crippen LogP contribution in [0.4, 0.5) is 15.8 Å². The van der Waals surface area contributed by atoms with Crippen LogP contribution in [-0.2, 0) is 10.0 Å². The number of anilines is 2. The summed E-state index contributed by atoms with van der Waals surface area (Å²) in [4.78, 5) is 0. The minimum Gasteiger partial charge on any atom is -0.357 e. The minimum atomic E-state index is -3.47. The Labute approximate surface area is 109 Å². The molecule has 0 aliphatic carbocycles. The van der Waals surface area contributed by atoms with Gasteiger partial charge in [0.25, 0.3) is 0 Å². The number of halogens is 1. The highest BCUT2D eigenvalue weighted by molar-refractivity contribution is 7.92. The van der Waals surface area contributed by atoms with E-state index in [1.54, 1.807) is 12.1 Å². The number of allylic oxidation sites excluding steroid dienone is 1. The Bertz CT molecular complexity index is 682. The van der Waals surface area contributed by atoms with Crippen LogP contribution in [0.15, 0.2) is 30.0 Å². The van der Waals surface area contributed by atoms with Gasteiger partial charge in [0.15, 0.2) is 0 Å². The van der Waals surface area contributed by atoms with Gasteiger partial charge < -0.3 is 5.32 Å². The van der Waals surface area contributed by atoms with Crippen LogP contribution in [0, 0.1) is 28.5 Å². The van der Waals surface area contributed by atoms with Crippen molar-refractivity contribution in [1.29, 1.82) is 10.5 Å². The second-order valence-electron chi connectivity index (χ2n) is 3.49. The van der Waals surface area contributed by atoms with Gasteiger partial charge in [0.2, 0.25) is 10.0 Å². The fraction of sp³-hybridized carbons (Fsp3) is 0.0909. The topological polar surface area (TPSA) is 106 Å². The summed E-state index contributed by atoms with van der Waals surface area (Å²) in [5.74, 6) is -0.648. The van der Waals surface area contributed by atoms with Crippen molar-refractivity contribution in [1.82, 2.24) is 0 Å². The number of sulfonamides is 1. The lowest BCUT2D eigenvalue weighted by molar-refractivity contribution is 0.606. The second-order valence-corrected chi connectivity index (χ2v) is 5.24. The van der Waals surface area contributed by atoms with Crippen molar-refractivity contribution in [3.8, 4) is 12.1 Å². The number of rotatable bonds is 4. The van der Waals surface area contributed by atoms with E-state index in [4.69, 9.17) is 10.5 Å². The van der Waals surface area contributed by atoms with E-state index in [-0.39, 0.29) is 16.9 Å². The quantitative estimate of drug-likeness (QED) is 0.814. The summed E-state index contributed by atoms with van der Waals surface area (Å²) in [7, 11) is -3.47. The maximum atomic E-state index is 13.4. The van der Waals surface area contributed by atoms with Crippen LogP contribution in [-0.4, -0.2) is 14.7 Å². The Kier molecular flexibility index (Phi) is 4.46. The minimum absolute atomic E-state index is 0.0587. The van der Waals surface area contributed by atoms with E-state index in [0.717, 1.165) is 18.5 Å². The highest BCUT2D eigenvalue weighted by Crippen LogP contribution is 2.20. The zero-order valence-corrected chi connectivity index (χ0v) is 10.6. The number of benzene rings is 1. The molecular formula is C11H9FN4O2S. The number of nitrogens with zero attached hydrogens (tertiary/aromatic N) is 2. The number of hydrogen-bond acceptors (Lipinski definition) is 5. The molecule has 2 N–H and O–H groups in total. The van der Waals surface area contributed by atoms with E-state index in [2.05, 4.69) is 10.0 Å². The van der Waals surface area contributed by atoms with E-state index < -0.39 is 15.8 Å². The monoisotopic (exact) mass is 280 g/mol. The fourth-order valence-corrected chi connectivity index (χ4v) is 1.71. The molecule has 0 radical (unpaired) electrons. The summed E-state index contributed by atoms with van der Waals surface area (Å²) in [6.45, 7) is 0. The van der Waals surface area contributed by atoms with Gasteiger partial charge >= 0.3 is 0 Å². The molecule has 0 aromatic heterocycles.